The van der Waals surface area contributed by atoms with E-state index in [1.807, 2.05) is 0 Å². The molecule has 0 saturated carbocycles. The van der Waals surface area contributed by atoms with E-state index in [4.69, 9.17) is 0 Å². The average Bonchev–Trinajstić information content (AvgIpc) is 4.09. The van der Waals surface area contributed by atoms with Crippen LogP contribution in [0.3, 0.4) is 0 Å². The fraction of sp³-hybridized carbons (Fsp3) is 0. The van der Waals surface area contributed by atoms with Crippen molar-refractivity contribution in [2.45, 2.75) is 0 Å². The first-order valence-electron chi connectivity index (χ1n) is 26.8. The molecule has 0 unspecified atom stereocenters. The summed E-state index contributed by atoms with van der Waals surface area (Å²) in [5.74, 6) is 0. The Bertz CT molecular complexity index is 4200. The minimum atomic E-state index is 1.13. The van der Waals surface area contributed by atoms with Gasteiger partial charge >= 0.3 is 0 Å². The maximum absolute atomic E-state index is 2.38. The van der Waals surface area contributed by atoms with Crippen molar-refractivity contribution in [3.63, 3.8) is 0 Å². The second-order valence-electron chi connectivity index (χ2n) is 20.0. The van der Waals surface area contributed by atoms with Crippen molar-refractivity contribution in [3.8, 4) is 33.6 Å². The molecule has 0 N–H and O–H groups in total. The molecule has 0 saturated heterocycles. The van der Waals surface area contributed by atoms with E-state index in [2.05, 4.69) is 325 Å². The minimum absolute atomic E-state index is 1.13. The van der Waals surface area contributed by atoms with Gasteiger partial charge in [0, 0.05) is 32.9 Å². The van der Waals surface area contributed by atoms with Crippen LogP contribution < -0.4 is 0 Å². The van der Waals surface area contributed by atoms with E-state index in [0.717, 1.165) is 33.6 Å². The van der Waals surface area contributed by atoms with Crippen LogP contribution in [0.25, 0.3) is 100 Å². The van der Waals surface area contributed by atoms with E-state index < -0.39 is 0 Å². The number of nitrogens with zero attached hydrogens (tertiary/aromatic N) is 2. The maximum atomic E-state index is 2.38. The summed E-state index contributed by atoms with van der Waals surface area (Å²) in [5, 5.41) is 5.03. The quantitative estimate of drug-likeness (QED) is 0.114. The Morgan fingerprint density at radius 1 is 0.218 bits per heavy atom. The number of benzene rings is 12. The standard InChI is InChI=1S/C76H52N2/c1-4-18-60(19-5-1)75(61-20-6-2-7-21-61)76(62-22-8-3-9-23-62)63-42-40-57(41-43-63)56-38-36-55(37-39-56)54-34-32-53(33-35-54)52-70(58-44-48-64(49-45-58)77-71-28-14-10-24-66(71)67-25-11-15-29-72(67)77)59-46-50-65(51-47-59)78-73-30-16-12-26-68(73)69-27-13-17-31-74(69)78/h1-52H. The highest BCUT2D eigenvalue weighted by molar-refractivity contribution is 6.10. The first-order chi connectivity index (χ1) is 38.7. The molecular formula is C76H52N2. The largest absolute Gasteiger partial charge is 0.309 e. The molecule has 2 aromatic heterocycles. The van der Waals surface area contributed by atoms with Crippen LogP contribution in [-0.4, -0.2) is 9.13 Å². The second-order valence-corrected chi connectivity index (χ2v) is 20.0. The third kappa shape index (κ3) is 8.52. The lowest BCUT2D eigenvalue weighted by Crippen LogP contribution is -1.97. The molecule has 0 aliphatic heterocycles. The van der Waals surface area contributed by atoms with Crippen molar-refractivity contribution >= 4 is 66.4 Å². The second kappa shape index (κ2) is 20.1. The summed E-state index contributed by atoms with van der Waals surface area (Å²) in [5.41, 5.74) is 23.5. The van der Waals surface area contributed by atoms with Crippen molar-refractivity contribution in [2.24, 2.45) is 0 Å². The van der Waals surface area contributed by atoms with E-state index >= 15 is 0 Å². The highest BCUT2D eigenvalue weighted by Gasteiger charge is 2.18. The van der Waals surface area contributed by atoms with E-state index in [-0.39, 0.29) is 0 Å². The van der Waals surface area contributed by atoms with Crippen LogP contribution in [-0.2, 0) is 0 Å². The molecule has 14 aromatic rings. The zero-order valence-corrected chi connectivity index (χ0v) is 42.9. The van der Waals surface area contributed by atoms with Crippen LogP contribution in [0.2, 0.25) is 0 Å². The third-order valence-corrected chi connectivity index (χ3v) is 15.4. The molecular weight excluding hydrogens is 941 g/mol. The van der Waals surface area contributed by atoms with Gasteiger partial charge in [-0.2, -0.15) is 0 Å². The van der Waals surface area contributed by atoms with Gasteiger partial charge in [0.25, 0.3) is 0 Å². The smallest absolute Gasteiger partial charge is 0.0541 e. The molecule has 0 aliphatic carbocycles. The van der Waals surface area contributed by atoms with Crippen molar-refractivity contribution in [1.29, 1.82) is 0 Å². The number of aromatic nitrogens is 2. The molecule has 366 valence electrons. The van der Waals surface area contributed by atoms with Crippen molar-refractivity contribution in [1.82, 2.24) is 9.13 Å². The number of rotatable bonds is 11. The summed E-state index contributed by atoms with van der Waals surface area (Å²) < 4.78 is 4.77. The van der Waals surface area contributed by atoms with Gasteiger partial charge in [0.05, 0.1) is 22.1 Å². The van der Waals surface area contributed by atoms with Gasteiger partial charge in [0.2, 0.25) is 0 Å². The molecule has 0 fully saturated rings. The number of hydrogen-bond acceptors (Lipinski definition) is 0. The summed E-state index contributed by atoms with van der Waals surface area (Å²) in [4.78, 5) is 0. The molecule has 12 aromatic carbocycles. The number of fused-ring (bicyclic) bond motifs is 6. The summed E-state index contributed by atoms with van der Waals surface area (Å²) >= 11 is 0. The first kappa shape index (κ1) is 46.3. The van der Waals surface area contributed by atoms with Crippen LogP contribution in [0, 0.1) is 0 Å². The summed E-state index contributed by atoms with van der Waals surface area (Å²) in [6.45, 7) is 0. The lowest BCUT2D eigenvalue weighted by Gasteiger charge is -2.18. The Morgan fingerprint density at radius 3 is 0.808 bits per heavy atom. The van der Waals surface area contributed by atoms with Crippen molar-refractivity contribution in [2.75, 3.05) is 0 Å². The van der Waals surface area contributed by atoms with Gasteiger partial charge in [-0.15, -0.1) is 0 Å². The lowest BCUT2D eigenvalue weighted by molar-refractivity contribution is 1.18. The van der Waals surface area contributed by atoms with E-state index in [1.165, 1.54) is 99.3 Å². The average molecular weight is 993 g/mol. The Labute approximate surface area is 455 Å². The zero-order chi connectivity index (χ0) is 51.8. The van der Waals surface area contributed by atoms with Crippen LogP contribution in [0.5, 0.6) is 0 Å². The maximum Gasteiger partial charge on any atom is 0.0541 e. The topological polar surface area (TPSA) is 9.86 Å². The number of hydrogen-bond donors (Lipinski definition) is 0. The van der Waals surface area contributed by atoms with Gasteiger partial charge in [-0.05, 0) is 133 Å². The van der Waals surface area contributed by atoms with Crippen LogP contribution >= 0.6 is 0 Å². The summed E-state index contributed by atoms with van der Waals surface area (Å²) in [6.07, 6.45) is 2.34. The van der Waals surface area contributed by atoms with Gasteiger partial charge in [-0.25, -0.2) is 0 Å². The van der Waals surface area contributed by atoms with E-state index in [1.54, 1.807) is 0 Å². The molecule has 0 aliphatic rings. The van der Waals surface area contributed by atoms with Gasteiger partial charge in [-0.1, -0.05) is 261 Å². The molecule has 14 rings (SSSR count). The monoisotopic (exact) mass is 992 g/mol. The fourth-order valence-electron chi connectivity index (χ4n) is 11.7. The summed E-state index contributed by atoms with van der Waals surface area (Å²) in [7, 11) is 0. The molecule has 0 radical (unpaired) electrons. The molecule has 2 nitrogen and oxygen atoms in total. The molecule has 0 atom stereocenters. The van der Waals surface area contributed by atoms with Gasteiger partial charge in [-0.3, -0.25) is 0 Å². The van der Waals surface area contributed by atoms with Gasteiger partial charge in [0.15, 0.2) is 0 Å². The SMILES string of the molecule is C(=C(c1ccc(-n2c3ccccc3c3ccccc32)cc1)c1ccc(-n2c3ccccc3c3ccccc32)cc1)c1ccc(-c2ccc(-c3ccc(C(=C(c4ccccc4)c4ccccc4)c4ccccc4)cc3)cc2)cc1. The predicted octanol–water partition coefficient (Wildman–Crippen LogP) is 19.8. The lowest BCUT2D eigenvalue weighted by atomic mass is 9.85. The molecule has 0 bridgehead atoms. The molecule has 0 amide bonds. The first-order valence-corrected chi connectivity index (χ1v) is 26.8. The van der Waals surface area contributed by atoms with E-state index in [0.29, 0.717) is 0 Å². The van der Waals surface area contributed by atoms with Crippen LogP contribution in [0.1, 0.15) is 38.9 Å². The van der Waals surface area contributed by atoms with Crippen LogP contribution in [0.4, 0.5) is 0 Å². The highest BCUT2D eigenvalue weighted by Crippen LogP contribution is 2.39. The highest BCUT2D eigenvalue weighted by atomic mass is 15.0. The van der Waals surface area contributed by atoms with Crippen LogP contribution in [0.15, 0.2) is 309 Å². The van der Waals surface area contributed by atoms with E-state index in [9.17, 15) is 0 Å². The van der Waals surface area contributed by atoms with Gasteiger partial charge < -0.3 is 9.13 Å². The van der Waals surface area contributed by atoms with Crippen molar-refractivity contribution < 1.29 is 0 Å². The third-order valence-electron chi connectivity index (χ3n) is 15.4. The molecule has 2 heteroatoms. The molecule has 0 spiro atoms. The number of para-hydroxylation sites is 4. The van der Waals surface area contributed by atoms with Crippen molar-refractivity contribution in [3.05, 3.63) is 348 Å². The molecule has 78 heavy (non-hydrogen) atoms. The Kier molecular flexibility index (Phi) is 11.9. The normalized spacial score (nSPS) is 11.3. The minimum Gasteiger partial charge on any atom is -0.309 e. The summed E-state index contributed by atoms with van der Waals surface area (Å²) in [6, 6.07) is 112. The van der Waals surface area contributed by atoms with Gasteiger partial charge in [0.1, 0.15) is 0 Å². The fourth-order valence-corrected chi connectivity index (χ4v) is 11.7. The molecule has 2 heterocycles. The Balaban J connectivity index is 0.787. The Morgan fingerprint density at radius 2 is 0.474 bits per heavy atom. The zero-order valence-electron chi connectivity index (χ0n) is 42.9. The Hall–Kier alpha value is -10.3. The predicted molar refractivity (Wildman–Crippen MR) is 330 cm³/mol.